The van der Waals surface area contributed by atoms with Gasteiger partial charge in [0.25, 0.3) is 0 Å². The Hall–Kier alpha value is -2.68. The largest absolute Gasteiger partial charge is 0.478 e. The highest BCUT2D eigenvalue weighted by molar-refractivity contribution is 6.10. The van der Waals surface area contributed by atoms with E-state index in [4.69, 9.17) is 0 Å². The number of aliphatic imine (C=N–C) groups is 1. The number of nitrogens with zero attached hydrogens (tertiary/aromatic N) is 3. The first-order chi connectivity index (χ1) is 12.1. The maximum atomic E-state index is 13.5. The van der Waals surface area contributed by atoms with Gasteiger partial charge in [-0.3, -0.25) is 5.01 Å². The van der Waals surface area contributed by atoms with Gasteiger partial charge in [0.15, 0.2) is 5.82 Å². The second kappa shape index (κ2) is 6.24. The zero-order valence-corrected chi connectivity index (χ0v) is 13.9. The van der Waals surface area contributed by atoms with E-state index in [-0.39, 0.29) is 17.1 Å². The summed E-state index contributed by atoms with van der Waals surface area (Å²) in [5, 5.41) is 11.5. The summed E-state index contributed by atoms with van der Waals surface area (Å²) < 4.78 is 53.0. The fourth-order valence-corrected chi connectivity index (χ4v) is 2.88. The van der Waals surface area contributed by atoms with Gasteiger partial charge >= 0.3 is 12.1 Å². The van der Waals surface area contributed by atoms with Crippen molar-refractivity contribution in [2.24, 2.45) is 4.99 Å². The lowest BCUT2D eigenvalue weighted by molar-refractivity contribution is -0.201. The lowest BCUT2D eigenvalue weighted by Gasteiger charge is -2.37. The molecule has 2 aliphatic rings. The predicted molar refractivity (Wildman–Crippen MR) is 85.4 cm³/mol. The highest BCUT2D eigenvalue weighted by Gasteiger charge is 2.48. The van der Waals surface area contributed by atoms with Crippen molar-refractivity contribution >= 4 is 11.7 Å². The first-order valence-electron chi connectivity index (χ1n) is 7.72. The molecule has 1 aromatic carbocycles. The van der Waals surface area contributed by atoms with Crippen molar-refractivity contribution in [3.63, 3.8) is 0 Å². The number of carbonyl (C=O) groups is 1. The number of allylic oxidation sites excluding steroid dienone is 2. The molecule has 0 unspecified atom stereocenters. The van der Waals surface area contributed by atoms with Crippen LogP contribution in [-0.4, -0.2) is 45.6 Å². The van der Waals surface area contributed by atoms with Crippen LogP contribution in [0.2, 0.25) is 0 Å². The smallest absolute Gasteiger partial charge is 0.405 e. The highest BCUT2D eigenvalue weighted by atomic mass is 19.4. The predicted octanol–water partition coefficient (Wildman–Crippen LogP) is 3.31. The molecule has 0 amide bonds. The van der Waals surface area contributed by atoms with E-state index in [1.54, 1.807) is 13.0 Å². The molecule has 0 aliphatic carbocycles. The second-order valence-electron chi connectivity index (χ2n) is 6.03. The molecule has 3 rings (SSSR count). The fraction of sp³-hybridized carbons (Fsp3) is 0.294. The zero-order chi connectivity index (χ0) is 19.2. The van der Waals surface area contributed by atoms with E-state index in [1.165, 1.54) is 24.3 Å². The van der Waals surface area contributed by atoms with Gasteiger partial charge in [-0.05, 0) is 32.1 Å². The van der Waals surface area contributed by atoms with Crippen LogP contribution in [-0.2, 0) is 4.79 Å². The van der Waals surface area contributed by atoms with E-state index < -0.39 is 30.5 Å². The summed E-state index contributed by atoms with van der Waals surface area (Å²) in [5.74, 6) is -1.93. The maximum Gasteiger partial charge on any atom is 0.405 e. The third-order valence-electron chi connectivity index (χ3n) is 4.25. The Morgan fingerprint density at radius 2 is 2.04 bits per heavy atom. The molecule has 0 fully saturated rings. The number of hydrogen-bond acceptors (Lipinski definition) is 4. The molecule has 2 aliphatic heterocycles. The van der Waals surface area contributed by atoms with Crippen LogP contribution in [0.1, 0.15) is 19.4 Å². The SMILES string of the molecule is CC1=CC(c2cccc(F)c2)=NC2=C(C(=O)O)CN([C@@H](C)C(F)(F)F)N12. The number of carboxylic acids is 1. The van der Waals surface area contributed by atoms with Gasteiger partial charge in [-0.2, -0.15) is 18.2 Å². The zero-order valence-electron chi connectivity index (χ0n) is 13.9. The molecule has 0 spiro atoms. The topological polar surface area (TPSA) is 56.1 Å². The molecule has 138 valence electrons. The van der Waals surface area contributed by atoms with Crippen molar-refractivity contribution in [2.75, 3.05) is 6.54 Å². The quantitative estimate of drug-likeness (QED) is 0.831. The van der Waals surface area contributed by atoms with Crippen molar-refractivity contribution in [1.29, 1.82) is 0 Å². The number of carboxylic acid groups (broad SMARTS) is 1. The van der Waals surface area contributed by atoms with Crippen LogP contribution >= 0.6 is 0 Å². The number of halogens is 4. The normalized spacial score (nSPS) is 19.2. The van der Waals surface area contributed by atoms with Gasteiger partial charge in [0.2, 0.25) is 0 Å². The Labute approximate surface area is 146 Å². The minimum Gasteiger partial charge on any atom is -0.478 e. The fourth-order valence-electron chi connectivity index (χ4n) is 2.88. The Balaban J connectivity index is 2.08. The Morgan fingerprint density at radius 1 is 1.35 bits per heavy atom. The molecule has 0 saturated carbocycles. The van der Waals surface area contributed by atoms with Gasteiger partial charge in [0, 0.05) is 11.3 Å². The molecule has 1 N–H and O–H groups in total. The lowest BCUT2D eigenvalue weighted by Crippen LogP contribution is -2.50. The Bertz CT molecular complexity index is 858. The van der Waals surface area contributed by atoms with Gasteiger partial charge in [-0.25, -0.2) is 14.2 Å². The molecule has 5 nitrogen and oxygen atoms in total. The molecule has 0 radical (unpaired) electrons. The molecular weight excluding hydrogens is 354 g/mol. The van der Waals surface area contributed by atoms with Gasteiger partial charge in [0.1, 0.15) is 11.9 Å². The van der Waals surface area contributed by atoms with Gasteiger partial charge in [0.05, 0.1) is 17.8 Å². The number of aliphatic carboxylic acids is 1. The maximum absolute atomic E-state index is 13.5. The van der Waals surface area contributed by atoms with E-state index >= 15 is 0 Å². The van der Waals surface area contributed by atoms with E-state index in [0.717, 1.165) is 16.9 Å². The van der Waals surface area contributed by atoms with E-state index in [1.807, 2.05) is 0 Å². The summed E-state index contributed by atoms with van der Waals surface area (Å²) in [7, 11) is 0. The van der Waals surface area contributed by atoms with Crippen LogP contribution < -0.4 is 0 Å². The number of hydrogen-bond donors (Lipinski definition) is 1. The number of benzene rings is 1. The molecular formula is C17H15F4N3O2. The number of fused-ring (bicyclic) bond motifs is 1. The summed E-state index contributed by atoms with van der Waals surface area (Å²) in [6, 6.07) is 3.64. The van der Waals surface area contributed by atoms with Crippen molar-refractivity contribution < 1.29 is 27.5 Å². The summed E-state index contributed by atoms with van der Waals surface area (Å²) in [6.07, 6.45) is -3.04. The van der Waals surface area contributed by atoms with Gasteiger partial charge < -0.3 is 5.11 Å². The first kappa shape index (κ1) is 18.1. The molecule has 0 bridgehead atoms. The van der Waals surface area contributed by atoms with Crippen LogP contribution in [0.5, 0.6) is 0 Å². The molecule has 2 heterocycles. The average molecular weight is 369 g/mol. The van der Waals surface area contributed by atoms with Crippen LogP contribution in [0.15, 0.2) is 52.4 Å². The third kappa shape index (κ3) is 3.10. The van der Waals surface area contributed by atoms with Crippen LogP contribution in [0.4, 0.5) is 17.6 Å². The van der Waals surface area contributed by atoms with Crippen molar-refractivity contribution in [2.45, 2.75) is 26.1 Å². The van der Waals surface area contributed by atoms with Crippen LogP contribution in [0, 0.1) is 5.82 Å². The summed E-state index contributed by atoms with van der Waals surface area (Å²) in [5.41, 5.74) is 0.807. The van der Waals surface area contributed by atoms with E-state index in [2.05, 4.69) is 4.99 Å². The average Bonchev–Trinajstić information content (AvgIpc) is 2.93. The van der Waals surface area contributed by atoms with Crippen molar-refractivity contribution in [3.8, 4) is 0 Å². The lowest BCUT2D eigenvalue weighted by atomic mass is 10.1. The Morgan fingerprint density at radius 3 is 2.62 bits per heavy atom. The Kier molecular flexibility index (Phi) is 4.35. The minimum absolute atomic E-state index is 0.0899. The van der Waals surface area contributed by atoms with E-state index in [9.17, 15) is 27.5 Å². The first-order valence-corrected chi connectivity index (χ1v) is 7.72. The molecule has 1 atom stereocenters. The molecule has 9 heteroatoms. The molecule has 0 aromatic heterocycles. The summed E-state index contributed by atoms with van der Waals surface area (Å²) >= 11 is 0. The number of alkyl halides is 3. The molecule has 1 aromatic rings. The van der Waals surface area contributed by atoms with Crippen LogP contribution in [0.3, 0.4) is 0 Å². The number of rotatable bonds is 3. The van der Waals surface area contributed by atoms with Gasteiger partial charge in [-0.15, -0.1) is 0 Å². The number of hydrazine groups is 1. The summed E-state index contributed by atoms with van der Waals surface area (Å²) in [4.78, 5) is 15.7. The van der Waals surface area contributed by atoms with E-state index in [0.29, 0.717) is 11.3 Å². The second-order valence-corrected chi connectivity index (χ2v) is 6.03. The third-order valence-corrected chi connectivity index (χ3v) is 4.25. The van der Waals surface area contributed by atoms with Gasteiger partial charge in [-0.1, -0.05) is 12.1 Å². The van der Waals surface area contributed by atoms with Crippen molar-refractivity contribution in [3.05, 3.63) is 58.8 Å². The highest BCUT2D eigenvalue weighted by Crippen LogP contribution is 2.37. The molecule has 0 saturated heterocycles. The minimum atomic E-state index is -4.54. The summed E-state index contributed by atoms with van der Waals surface area (Å²) in [6.45, 7) is 2.08. The van der Waals surface area contributed by atoms with Crippen molar-refractivity contribution in [1.82, 2.24) is 10.0 Å². The monoisotopic (exact) mass is 369 g/mol. The van der Waals surface area contributed by atoms with Crippen LogP contribution in [0.25, 0.3) is 0 Å². The standard InChI is InChI=1S/C17H15F4N3O2/c1-9-6-14(11-4-3-5-12(18)7-11)22-15-13(16(25)26)8-23(24(9)15)10(2)17(19,20)21/h3-7,10H,8H2,1-2H3,(H,25,26)/t10-/m0/s1. The molecule has 26 heavy (non-hydrogen) atoms.